The van der Waals surface area contributed by atoms with Gasteiger partial charge in [0.15, 0.2) is 0 Å². The first kappa shape index (κ1) is 22.1. The van der Waals surface area contributed by atoms with Crippen LogP contribution in [0.25, 0.3) is 0 Å². The highest BCUT2D eigenvalue weighted by Gasteiger charge is 2.12. The van der Waals surface area contributed by atoms with Crippen LogP contribution < -0.4 is 5.32 Å². The minimum Gasteiger partial charge on any atom is -0.481 e. The second-order valence-corrected chi connectivity index (χ2v) is 5.85. The minimum absolute atomic E-state index is 0.0718. The van der Waals surface area contributed by atoms with Gasteiger partial charge < -0.3 is 20.6 Å². The van der Waals surface area contributed by atoms with E-state index in [1.54, 1.807) is 6.08 Å². The Balaban J connectivity index is 4.09. The molecule has 0 aromatic rings. The third-order valence-electron chi connectivity index (χ3n) is 3.55. The fourth-order valence-corrected chi connectivity index (χ4v) is 2.23. The molecular weight excluding hydrogens is 296 g/mol. The van der Waals surface area contributed by atoms with Crippen molar-refractivity contribution in [2.45, 2.75) is 58.2 Å². The number of aliphatic carboxylic acids is 1. The Hall–Kier alpha value is -0.950. The Morgan fingerprint density at radius 1 is 1.26 bits per heavy atom. The molecule has 0 aliphatic rings. The topological polar surface area (TPSA) is 93.0 Å². The smallest absolute Gasteiger partial charge is 0.304 e. The number of carboxylic acid groups (broad SMARTS) is 1. The molecule has 0 amide bonds. The van der Waals surface area contributed by atoms with Gasteiger partial charge in [-0.05, 0) is 12.8 Å². The maximum absolute atomic E-state index is 10.7. The van der Waals surface area contributed by atoms with Crippen molar-refractivity contribution >= 4 is 5.97 Å². The molecule has 0 rings (SSSR count). The summed E-state index contributed by atoms with van der Waals surface area (Å²) in [6.45, 7) is 6.79. The zero-order valence-corrected chi connectivity index (χ0v) is 14.6. The Labute approximate surface area is 140 Å². The summed E-state index contributed by atoms with van der Waals surface area (Å²) in [4.78, 5) is 12.7. The van der Waals surface area contributed by atoms with Gasteiger partial charge in [0, 0.05) is 32.7 Å². The summed E-state index contributed by atoms with van der Waals surface area (Å²) in [5.74, 6) is -0.828. The molecule has 0 radical (unpaired) electrons. The van der Waals surface area contributed by atoms with E-state index in [1.165, 1.54) is 0 Å². The van der Waals surface area contributed by atoms with Gasteiger partial charge in [-0.25, -0.2) is 0 Å². The molecule has 0 spiro atoms. The second-order valence-electron chi connectivity index (χ2n) is 5.85. The van der Waals surface area contributed by atoms with E-state index in [4.69, 9.17) is 5.11 Å². The molecule has 0 aliphatic heterocycles. The van der Waals surface area contributed by atoms with E-state index in [0.29, 0.717) is 32.7 Å². The van der Waals surface area contributed by atoms with Gasteiger partial charge >= 0.3 is 5.97 Å². The van der Waals surface area contributed by atoms with Crippen LogP contribution in [0.5, 0.6) is 0 Å². The zero-order valence-electron chi connectivity index (χ0n) is 14.6. The lowest BCUT2D eigenvalue weighted by atomic mass is 10.1. The van der Waals surface area contributed by atoms with Gasteiger partial charge in [-0.3, -0.25) is 9.69 Å². The Bertz CT molecular complexity index is 324. The van der Waals surface area contributed by atoms with Crippen molar-refractivity contribution in [2.75, 3.05) is 32.7 Å². The molecule has 23 heavy (non-hydrogen) atoms. The van der Waals surface area contributed by atoms with Crippen molar-refractivity contribution in [3.05, 3.63) is 12.2 Å². The van der Waals surface area contributed by atoms with Crippen molar-refractivity contribution in [3.63, 3.8) is 0 Å². The Kier molecular flexibility index (Phi) is 14.0. The van der Waals surface area contributed by atoms with Gasteiger partial charge in [0.2, 0.25) is 0 Å². The van der Waals surface area contributed by atoms with E-state index in [1.807, 2.05) is 17.9 Å². The maximum Gasteiger partial charge on any atom is 0.304 e. The number of unbranched alkanes of at least 4 members (excludes halogenated alkanes) is 1. The molecule has 136 valence electrons. The first-order chi connectivity index (χ1) is 11.0. The highest BCUT2D eigenvalue weighted by atomic mass is 16.4. The molecule has 0 heterocycles. The second kappa shape index (κ2) is 14.6. The van der Waals surface area contributed by atoms with E-state index >= 15 is 0 Å². The van der Waals surface area contributed by atoms with Crippen LogP contribution in [0.2, 0.25) is 0 Å². The minimum atomic E-state index is -0.828. The Morgan fingerprint density at radius 3 is 2.61 bits per heavy atom. The summed E-state index contributed by atoms with van der Waals surface area (Å²) < 4.78 is 0. The molecule has 2 atom stereocenters. The molecule has 0 aromatic carbocycles. The highest BCUT2D eigenvalue weighted by Crippen LogP contribution is 2.03. The van der Waals surface area contributed by atoms with Crippen LogP contribution in [0.3, 0.4) is 0 Å². The number of carbonyl (C=O) groups is 1. The lowest BCUT2D eigenvalue weighted by Gasteiger charge is -2.24. The van der Waals surface area contributed by atoms with Crippen molar-refractivity contribution < 1.29 is 20.1 Å². The van der Waals surface area contributed by atoms with E-state index in [9.17, 15) is 15.0 Å². The fraction of sp³-hybridized carbons (Fsp3) is 0.824. The van der Waals surface area contributed by atoms with Crippen LogP contribution in [0.1, 0.15) is 46.0 Å². The maximum atomic E-state index is 10.7. The lowest BCUT2D eigenvalue weighted by molar-refractivity contribution is -0.137. The predicted molar refractivity (Wildman–Crippen MR) is 92.5 cm³/mol. The van der Waals surface area contributed by atoms with Gasteiger partial charge in [0.25, 0.3) is 0 Å². The first-order valence-corrected chi connectivity index (χ1v) is 8.67. The lowest BCUT2D eigenvalue weighted by Crippen LogP contribution is -2.40. The number of carboxylic acids is 1. The molecule has 2 unspecified atom stereocenters. The normalized spacial score (nSPS) is 14.5. The zero-order chi connectivity index (χ0) is 17.5. The number of allylic oxidation sites excluding steroid dienone is 1. The van der Waals surface area contributed by atoms with Gasteiger partial charge in [-0.15, -0.1) is 0 Å². The summed E-state index contributed by atoms with van der Waals surface area (Å²) in [5.41, 5.74) is 0. The van der Waals surface area contributed by atoms with Gasteiger partial charge in [0.1, 0.15) is 0 Å². The molecule has 0 aromatic heterocycles. The molecule has 6 nitrogen and oxygen atoms in total. The van der Waals surface area contributed by atoms with Crippen molar-refractivity contribution in [1.29, 1.82) is 0 Å². The van der Waals surface area contributed by atoms with Crippen LogP contribution in [0.15, 0.2) is 12.2 Å². The summed E-state index contributed by atoms with van der Waals surface area (Å²) in [5, 5.41) is 31.7. The van der Waals surface area contributed by atoms with Crippen molar-refractivity contribution in [1.82, 2.24) is 10.2 Å². The summed E-state index contributed by atoms with van der Waals surface area (Å²) in [6.07, 6.45) is 6.50. The largest absolute Gasteiger partial charge is 0.481 e. The molecule has 0 saturated heterocycles. The SMILES string of the molecule is CC/C=C/C(O)CNCCN(CCC(=O)O)CC(O)CCCC. The number of nitrogens with one attached hydrogen (secondary N) is 1. The number of hydrogen-bond donors (Lipinski definition) is 4. The average Bonchev–Trinajstić information content (AvgIpc) is 2.52. The number of nitrogens with zero attached hydrogens (tertiary/aromatic N) is 1. The van der Waals surface area contributed by atoms with Gasteiger partial charge in [0.05, 0.1) is 18.6 Å². The fourth-order valence-electron chi connectivity index (χ4n) is 2.23. The van der Waals surface area contributed by atoms with Crippen LogP contribution >= 0.6 is 0 Å². The van der Waals surface area contributed by atoms with Crippen molar-refractivity contribution in [2.24, 2.45) is 0 Å². The predicted octanol–water partition coefficient (Wildman–Crippen LogP) is 1.23. The number of rotatable bonds is 15. The number of aliphatic hydroxyl groups is 2. The van der Waals surface area contributed by atoms with E-state index < -0.39 is 18.2 Å². The molecule has 0 saturated carbocycles. The van der Waals surface area contributed by atoms with Crippen molar-refractivity contribution in [3.8, 4) is 0 Å². The third-order valence-corrected chi connectivity index (χ3v) is 3.55. The molecule has 0 aliphatic carbocycles. The number of aliphatic hydroxyl groups excluding tert-OH is 2. The molecular formula is C17H34N2O4. The highest BCUT2D eigenvalue weighted by molar-refractivity contribution is 5.66. The van der Waals surface area contributed by atoms with Gasteiger partial charge in [-0.1, -0.05) is 38.8 Å². The van der Waals surface area contributed by atoms with Crippen LogP contribution in [-0.4, -0.2) is 71.1 Å². The summed E-state index contributed by atoms with van der Waals surface area (Å²) in [6, 6.07) is 0. The Morgan fingerprint density at radius 2 is 2.00 bits per heavy atom. The first-order valence-electron chi connectivity index (χ1n) is 8.67. The summed E-state index contributed by atoms with van der Waals surface area (Å²) in [7, 11) is 0. The molecule has 0 bridgehead atoms. The van der Waals surface area contributed by atoms with Crippen LogP contribution in [0, 0.1) is 0 Å². The molecule has 6 heteroatoms. The van der Waals surface area contributed by atoms with Crippen LogP contribution in [-0.2, 0) is 4.79 Å². The van der Waals surface area contributed by atoms with E-state index in [-0.39, 0.29) is 6.42 Å². The molecule has 4 N–H and O–H groups in total. The van der Waals surface area contributed by atoms with E-state index in [0.717, 1.165) is 25.7 Å². The van der Waals surface area contributed by atoms with Crippen LogP contribution in [0.4, 0.5) is 0 Å². The van der Waals surface area contributed by atoms with E-state index in [2.05, 4.69) is 12.2 Å². The third kappa shape index (κ3) is 14.4. The quantitative estimate of drug-likeness (QED) is 0.267. The summed E-state index contributed by atoms with van der Waals surface area (Å²) >= 11 is 0. The number of hydrogen-bond acceptors (Lipinski definition) is 5. The van der Waals surface area contributed by atoms with Gasteiger partial charge in [-0.2, -0.15) is 0 Å². The monoisotopic (exact) mass is 330 g/mol. The standard InChI is InChI=1S/C17H34N2O4/c1-3-5-7-15(20)13-18-10-12-19(11-9-17(22)23)14-16(21)8-6-4-2/h5,7,15-16,18,20-21H,3-4,6,8-14H2,1-2H3,(H,22,23)/b7-5+. The molecule has 0 fully saturated rings. The average molecular weight is 330 g/mol.